The van der Waals surface area contributed by atoms with Crippen LogP contribution >= 0.6 is 39.7 Å². The molecule has 0 bridgehead atoms. The SMILES string of the molecule is Cc1nn(CCCNC(=S)Nc2cccc(Cl)c2C)c(C)c1Br. The quantitative estimate of drug-likeness (QED) is 0.553. The molecule has 0 aliphatic carbocycles. The van der Waals surface area contributed by atoms with E-state index in [4.69, 9.17) is 23.8 Å². The number of halogens is 2. The van der Waals surface area contributed by atoms with Gasteiger partial charge in [0.15, 0.2) is 5.11 Å². The highest BCUT2D eigenvalue weighted by Crippen LogP contribution is 2.22. The summed E-state index contributed by atoms with van der Waals surface area (Å²) in [5.74, 6) is 0. The van der Waals surface area contributed by atoms with Crippen molar-refractivity contribution in [1.82, 2.24) is 15.1 Å². The van der Waals surface area contributed by atoms with Crippen LogP contribution < -0.4 is 10.6 Å². The van der Waals surface area contributed by atoms with Crippen LogP contribution in [0, 0.1) is 20.8 Å². The van der Waals surface area contributed by atoms with Crippen LogP contribution in [-0.2, 0) is 6.54 Å². The Hall–Kier alpha value is -1.11. The average Bonchev–Trinajstić information content (AvgIpc) is 2.76. The molecule has 0 aliphatic heterocycles. The maximum absolute atomic E-state index is 6.10. The molecule has 1 heterocycles. The summed E-state index contributed by atoms with van der Waals surface area (Å²) in [5, 5.41) is 12.2. The number of rotatable bonds is 5. The van der Waals surface area contributed by atoms with Gasteiger partial charge in [-0.25, -0.2) is 0 Å². The van der Waals surface area contributed by atoms with Gasteiger partial charge in [-0.3, -0.25) is 4.68 Å². The lowest BCUT2D eigenvalue weighted by Crippen LogP contribution is -2.30. The van der Waals surface area contributed by atoms with Gasteiger partial charge in [-0.1, -0.05) is 17.7 Å². The molecule has 0 amide bonds. The van der Waals surface area contributed by atoms with Crippen LogP contribution in [0.3, 0.4) is 0 Å². The lowest BCUT2D eigenvalue weighted by molar-refractivity contribution is 0.558. The van der Waals surface area contributed by atoms with Crippen LogP contribution in [0.2, 0.25) is 5.02 Å². The molecule has 2 N–H and O–H groups in total. The molecule has 0 aliphatic rings. The largest absolute Gasteiger partial charge is 0.362 e. The molecule has 23 heavy (non-hydrogen) atoms. The fourth-order valence-electron chi connectivity index (χ4n) is 2.23. The first kappa shape index (κ1) is 18.2. The Labute approximate surface area is 155 Å². The van der Waals surface area contributed by atoms with E-state index in [1.807, 2.05) is 36.7 Å². The summed E-state index contributed by atoms with van der Waals surface area (Å²) >= 11 is 15.0. The third-order valence-corrected chi connectivity index (χ3v) is 5.44. The number of hydrogen-bond donors (Lipinski definition) is 2. The van der Waals surface area contributed by atoms with Gasteiger partial charge >= 0.3 is 0 Å². The smallest absolute Gasteiger partial charge is 0.170 e. The zero-order chi connectivity index (χ0) is 17.0. The summed E-state index contributed by atoms with van der Waals surface area (Å²) < 4.78 is 3.10. The van der Waals surface area contributed by atoms with Gasteiger partial charge in [-0.15, -0.1) is 0 Å². The molecule has 0 saturated carbocycles. The number of nitrogens with zero attached hydrogens (tertiary/aromatic N) is 2. The molecule has 0 radical (unpaired) electrons. The van der Waals surface area contributed by atoms with Gasteiger partial charge in [-0.05, 0) is 73.0 Å². The van der Waals surface area contributed by atoms with E-state index >= 15 is 0 Å². The van der Waals surface area contributed by atoms with Crippen molar-refractivity contribution in [2.45, 2.75) is 33.7 Å². The molecule has 2 rings (SSSR count). The van der Waals surface area contributed by atoms with Crippen molar-refractivity contribution >= 4 is 50.5 Å². The normalized spacial score (nSPS) is 10.7. The van der Waals surface area contributed by atoms with Gasteiger partial charge in [0.05, 0.1) is 10.2 Å². The summed E-state index contributed by atoms with van der Waals surface area (Å²) in [7, 11) is 0. The van der Waals surface area contributed by atoms with Crippen molar-refractivity contribution in [2.24, 2.45) is 0 Å². The number of hydrogen-bond acceptors (Lipinski definition) is 2. The zero-order valence-electron chi connectivity index (χ0n) is 13.4. The fraction of sp³-hybridized carbons (Fsp3) is 0.375. The Morgan fingerprint density at radius 1 is 1.35 bits per heavy atom. The molecule has 2 aromatic rings. The summed E-state index contributed by atoms with van der Waals surface area (Å²) in [6.07, 6.45) is 0.935. The highest BCUT2D eigenvalue weighted by atomic mass is 79.9. The number of aryl methyl sites for hydroxylation is 2. The van der Waals surface area contributed by atoms with Crippen LogP contribution in [0.4, 0.5) is 5.69 Å². The van der Waals surface area contributed by atoms with Crippen LogP contribution in [0.25, 0.3) is 0 Å². The molecule has 0 saturated heterocycles. The van der Waals surface area contributed by atoms with E-state index in [1.165, 1.54) is 0 Å². The lowest BCUT2D eigenvalue weighted by atomic mass is 10.2. The van der Waals surface area contributed by atoms with Crippen molar-refractivity contribution in [3.8, 4) is 0 Å². The maximum Gasteiger partial charge on any atom is 0.170 e. The first-order valence-electron chi connectivity index (χ1n) is 7.39. The van der Waals surface area contributed by atoms with Gasteiger partial charge in [0.25, 0.3) is 0 Å². The predicted molar refractivity (Wildman–Crippen MR) is 104 cm³/mol. The molecule has 1 aromatic carbocycles. The van der Waals surface area contributed by atoms with Crippen molar-refractivity contribution in [2.75, 3.05) is 11.9 Å². The second-order valence-corrected chi connectivity index (χ2v) is 6.96. The minimum absolute atomic E-state index is 0.602. The van der Waals surface area contributed by atoms with Crippen molar-refractivity contribution < 1.29 is 0 Å². The lowest BCUT2D eigenvalue weighted by Gasteiger charge is -2.13. The highest BCUT2D eigenvalue weighted by molar-refractivity contribution is 9.10. The zero-order valence-corrected chi connectivity index (χ0v) is 16.6. The molecule has 124 valence electrons. The highest BCUT2D eigenvalue weighted by Gasteiger charge is 2.08. The van der Waals surface area contributed by atoms with Gasteiger partial charge in [0.1, 0.15) is 0 Å². The molecule has 7 heteroatoms. The minimum Gasteiger partial charge on any atom is -0.362 e. The molecular weight excluding hydrogens is 396 g/mol. The van der Waals surface area contributed by atoms with Gasteiger partial charge in [0.2, 0.25) is 0 Å². The third-order valence-electron chi connectivity index (χ3n) is 3.64. The van der Waals surface area contributed by atoms with E-state index in [0.29, 0.717) is 5.11 Å². The summed E-state index contributed by atoms with van der Waals surface area (Å²) in [6.45, 7) is 7.66. The molecule has 4 nitrogen and oxygen atoms in total. The molecular formula is C16H20BrClN4S. The third kappa shape index (κ3) is 4.68. The van der Waals surface area contributed by atoms with E-state index < -0.39 is 0 Å². The fourth-order valence-corrected chi connectivity index (χ4v) is 2.90. The van der Waals surface area contributed by atoms with Gasteiger partial charge in [0, 0.05) is 29.5 Å². The second-order valence-electron chi connectivity index (χ2n) is 5.35. The summed E-state index contributed by atoms with van der Waals surface area (Å²) in [6, 6.07) is 5.73. The second kappa shape index (κ2) is 8.13. The first-order valence-corrected chi connectivity index (χ1v) is 8.97. The van der Waals surface area contributed by atoms with E-state index in [0.717, 1.165) is 51.6 Å². The van der Waals surface area contributed by atoms with Gasteiger partial charge in [-0.2, -0.15) is 5.10 Å². The maximum atomic E-state index is 6.10. The Morgan fingerprint density at radius 2 is 2.09 bits per heavy atom. The Morgan fingerprint density at radius 3 is 2.74 bits per heavy atom. The monoisotopic (exact) mass is 414 g/mol. The standard InChI is InChI=1S/C16H20BrClN4S/c1-10-13(18)6-4-7-14(10)20-16(23)19-8-5-9-22-12(3)15(17)11(2)21-22/h4,6-7H,5,8-9H2,1-3H3,(H2,19,20,23). The number of aromatic nitrogens is 2. The number of nitrogens with one attached hydrogen (secondary N) is 2. The molecule has 0 atom stereocenters. The molecule has 0 spiro atoms. The first-order chi connectivity index (χ1) is 10.9. The van der Waals surface area contributed by atoms with E-state index in [2.05, 4.69) is 38.6 Å². The van der Waals surface area contributed by atoms with Crippen molar-refractivity contribution in [3.63, 3.8) is 0 Å². The van der Waals surface area contributed by atoms with E-state index in [9.17, 15) is 0 Å². The Balaban J connectivity index is 1.79. The molecule has 0 fully saturated rings. The van der Waals surface area contributed by atoms with E-state index in [1.54, 1.807) is 0 Å². The topological polar surface area (TPSA) is 41.9 Å². The molecule has 1 aromatic heterocycles. The van der Waals surface area contributed by atoms with Gasteiger partial charge < -0.3 is 10.6 Å². The molecule has 0 unspecified atom stereocenters. The van der Waals surface area contributed by atoms with Crippen LogP contribution in [-0.4, -0.2) is 21.4 Å². The predicted octanol–water partition coefficient (Wildman–Crippen LogP) is 4.60. The minimum atomic E-state index is 0.602. The summed E-state index contributed by atoms with van der Waals surface area (Å²) in [4.78, 5) is 0. The van der Waals surface area contributed by atoms with Crippen molar-refractivity contribution in [3.05, 3.63) is 44.6 Å². The Bertz CT molecular complexity index is 714. The number of benzene rings is 1. The number of thiocarbonyl (C=S) groups is 1. The van der Waals surface area contributed by atoms with Crippen LogP contribution in [0.5, 0.6) is 0 Å². The number of anilines is 1. The van der Waals surface area contributed by atoms with Crippen LogP contribution in [0.15, 0.2) is 22.7 Å². The Kier molecular flexibility index (Phi) is 6.44. The van der Waals surface area contributed by atoms with Crippen LogP contribution in [0.1, 0.15) is 23.4 Å². The van der Waals surface area contributed by atoms with E-state index in [-0.39, 0.29) is 0 Å². The summed E-state index contributed by atoms with van der Waals surface area (Å²) in [5.41, 5.74) is 4.09. The van der Waals surface area contributed by atoms with Crippen molar-refractivity contribution in [1.29, 1.82) is 0 Å². The average molecular weight is 416 g/mol.